The van der Waals surface area contributed by atoms with Gasteiger partial charge in [-0.1, -0.05) is 24.0 Å². The van der Waals surface area contributed by atoms with Crippen LogP contribution < -0.4 is 5.32 Å². The molecular formula is C28H33NO12. The molecule has 2 rings (SSSR count). The van der Waals surface area contributed by atoms with E-state index in [1.165, 1.54) is 21.0 Å². The van der Waals surface area contributed by atoms with Crippen molar-refractivity contribution in [1.82, 2.24) is 5.32 Å². The van der Waals surface area contributed by atoms with Gasteiger partial charge in [0, 0.05) is 46.6 Å². The second-order valence-corrected chi connectivity index (χ2v) is 9.07. The van der Waals surface area contributed by atoms with Gasteiger partial charge in [-0.05, 0) is 17.7 Å². The van der Waals surface area contributed by atoms with Crippen molar-refractivity contribution in [2.75, 3.05) is 13.7 Å². The third-order valence-corrected chi connectivity index (χ3v) is 5.58. The molecule has 1 amide bonds. The number of benzene rings is 1. The first-order valence-corrected chi connectivity index (χ1v) is 12.6. The van der Waals surface area contributed by atoms with Crippen molar-refractivity contribution in [1.29, 1.82) is 0 Å². The van der Waals surface area contributed by atoms with E-state index in [1.807, 2.05) is 0 Å². The molecule has 1 saturated heterocycles. The minimum absolute atomic E-state index is 0.126. The highest BCUT2D eigenvalue weighted by Gasteiger charge is 2.51. The maximum Gasteiger partial charge on any atom is 0.328 e. The van der Waals surface area contributed by atoms with Gasteiger partial charge in [0.05, 0.1) is 7.11 Å². The van der Waals surface area contributed by atoms with Crippen molar-refractivity contribution in [3.05, 3.63) is 35.4 Å². The summed E-state index contributed by atoms with van der Waals surface area (Å²) >= 11 is 0. The Balaban J connectivity index is 2.47. The van der Waals surface area contributed by atoms with Crippen LogP contribution in [0.1, 0.15) is 45.7 Å². The van der Waals surface area contributed by atoms with E-state index in [-0.39, 0.29) is 13.0 Å². The molecule has 1 fully saturated rings. The first kappa shape index (κ1) is 32.8. The first-order valence-electron chi connectivity index (χ1n) is 12.6. The largest absolute Gasteiger partial charge is 0.467 e. The molecule has 222 valence electrons. The lowest BCUT2D eigenvalue weighted by molar-refractivity contribution is -0.242. The normalized spacial score (nSPS) is 22.0. The van der Waals surface area contributed by atoms with E-state index in [4.69, 9.17) is 28.4 Å². The van der Waals surface area contributed by atoms with Crippen LogP contribution in [0.4, 0.5) is 0 Å². The maximum absolute atomic E-state index is 12.1. The van der Waals surface area contributed by atoms with E-state index in [9.17, 15) is 28.8 Å². The quantitative estimate of drug-likeness (QED) is 0.244. The zero-order chi connectivity index (χ0) is 30.7. The lowest BCUT2D eigenvalue weighted by atomic mass is 9.94. The molecular weight excluding hydrogens is 542 g/mol. The molecule has 0 spiro atoms. The first-order chi connectivity index (χ1) is 19.3. The van der Waals surface area contributed by atoms with Crippen LogP contribution in [0.5, 0.6) is 0 Å². The van der Waals surface area contributed by atoms with Crippen LogP contribution in [-0.4, -0.2) is 86.0 Å². The van der Waals surface area contributed by atoms with Crippen molar-refractivity contribution >= 4 is 35.8 Å². The molecule has 6 atom stereocenters. The van der Waals surface area contributed by atoms with Crippen LogP contribution >= 0.6 is 0 Å². The molecule has 1 aliphatic rings. The molecule has 13 heteroatoms. The average molecular weight is 576 g/mol. The van der Waals surface area contributed by atoms with Crippen molar-refractivity contribution < 1.29 is 57.2 Å². The Kier molecular flexibility index (Phi) is 12.3. The SMILES string of the molecule is COC(=O)C(Cc1cccc(C#C[C@H]2O[C@H](COC(C)=O)[C@@H](OC(C)=O)[C@H](OC(C)=O)[C@@H]2OC(C)=O)c1)NC(C)=O. The molecule has 1 heterocycles. The average Bonchev–Trinajstić information content (AvgIpc) is 2.87. The standard InChI is InChI=1S/C28H33NO12/c1-15(30)29-22(28(35)36-6)13-21-9-7-8-20(12-21)10-11-23-25(38-17(3)32)27(40-19(5)34)26(39-18(4)33)24(41-23)14-37-16(2)31/h7-9,12,22-27H,13-14H2,1-6H3,(H,29,30)/t22?,23-,24-,25-,26-,27-/m1/s1. The summed E-state index contributed by atoms with van der Waals surface area (Å²) in [6, 6.07) is 5.86. The molecule has 1 aliphatic heterocycles. The van der Waals surface area contributed by atoms with E-state index in [0.29, 0.717) is 11.1 Å². The Bertz CT molecular complexity index is 1220. The number of carbonyl (C=O) groups excluding carboxylic acids is 6. The molecule has 13 nitrogen and oxygen atoms in total. The van der Waals surface area contributed by atoms with E-state index < -0.39 is 72.3 Å². The number of ether oxygens (including phenoxy) is 6. The van der Waals surface area contributed by atoms with Gasteiger partial charge in [-0.15, -0.1) is 0 Å². The van der Waals surface area contributed by atoms with Gasteiger partial charge in [0.25, 0.3) is 0 Å². The number of rotatable bonds is 9. The van der Waals surface area contributed by atoms with E-state index in [1.54, 1.807) is 24.3 Å². The third kappa shape index (κ3) is 10.6. The summed E-state index contributed by atoms with van der Waals surface area (Å²) in [5, 5.41) is 2.54. The van der Waals surface area contributed by atoms with Crippen LogP contribution in [0.25, 0.3) is 0 Å². The van der Waals surface area contributed by atoms with Crippen molar-refractivity contribution in [3.63, 3.8) is 0 Å². The Labute approximate surface area is 237 Å². The minimum Gasteiger partial charge on any atom is -0.467 e. The topological polar surface area (TPSA) is 170 Å². The van der Waals surface area contributed by atoms with E-state index in [0.717, 1.165) is 20.8 Å². The number of hydrogen-bond donors (Lipinski definition) is 1. The van der Waals surface area contributed by atoms with Gasteiger partial charge in [-0.2, -0.15) is 0 Å². The molecule has 0 radical (unpaired) electrons. The lowest BCUT2D eigenvalue weighted by Crippen LogP contribution is -2.62. The molecule has 1 N–H and O–H groups in total. The van der Waals surface area contributed by atoms with Gasteiger partial charge in [0.15, 0.2) is 24.4 Å². The Hall–Kier alpha value is -4.44. The third-order valence-electron chi connectivity index (χ3n) is 5.58. The summed E-state index contributed by atoms with van der Waals surface area (Å²) in [6.45, 7) is 5.48. The molecule has 1 aromatic carbocycles. The van der Waals surface area contributed by atoms with E-state index >= 15 is 0 Å². The smallest absolute Gasteiger partial charge is 0.328 e. The fraction of sp³-hybridized carbons (Fsp3) is 0.500. The highest BCUT2D eigenvalue weighted by molar-refractivity contribution is 5.83. The highest BCUT2D eigenvalue weighted by Crippen LogP contribution is 2.29. The summed E-state index contributed by atoms with van der Waals surface area (Å²) in [5.41, 5.74) is 1.13. The van der Waals surface area contributed by atoms with Gasteiger partial charge >= 0.3 is 29.8 Å². The van der Waals surface area contributed by atoms with Crippen LogP contribution in [0, 0.1) is 11.8 Å². The lowest BCUT2D eigenvalue weighted by Gasteiger charge is -2.42. The van der Waals surface area contributed by atoms with Crippen LogP contribution in [-0.2, 0) is 63.6 Å². The van der Waals surface area contributed by atoms with Crippen molar-refractivity contribution in [2.45, 2.75) is 77.6 Å². The van der Waals surface area contributed by atoms with Crippen LogP contribution in [0.3, 0.4) is 0 Å². The summed E-state index contributed by atoms with van der Waals surface area (Å²) in [6.07, 6.45) is -6.14. The molecule has 1 unspecified atom stereocenters. The predicted octanol–water partition coefficient (Wildman–Crippen LogP) is 0.384. The molecule has 0 aromatic heterocycles. The second-order valence-electron chi connectivity index (χ2n) is 9.07. The number of hydrogen-bond acceptors (Lipinski definition) is 12. The summed E-state index contributed by atoms with van der Waals surface area (Å²) in [4.78, 5) is 70.9. The molecule has 0 aliphatic carbocycles. The molecule has 41 heavy (non-hydrogen) atoms. The number of nitrogens with one attached hydrogen (secondary N) is 1. The summed E-state index contributed by atoms with van der Waals surface area (Å²) < 4.78 is 32.0. The molecule has 0 saturated carbocycles. The van der Waals surface area contributed by atoms with Crippen molar-refractivity contribution in [3.8, 4) is 11.8 Å². The fourth-order valence-corrected chi connectivity index (χ4v) is 4.09. The zero-order valence-electron chi connectivity index (χ0n) is 23.6. The van der Waals surface area contributed by atoms with Gasteiger partial charge in [-0.3, -0.25) is 24.0 Å². The highest BCUT2D eigenvalue weighted by atomic mass is 16.7. The van der Waals surface area contributed by atoms with Crippen molar-refractivity contribution in [2.24, 2.45) is 0 Å². The van der Waals surface area contributed by atoms with Gasteiger partial charge in [-0.25, -0.2) is 4.79 Å². The monoisotopic (exact) mass is 575 g/mol. The van der Waals surface area contributed by atoms with Gasteiger partial charge in [0.1, 0.15) is 18.8 Å². The Morgan fingerprint density at radius 2 is 1.49 bits per heavy atom. The predicted molar refractivity (Wildman–Crippen MR) is 139 cm³/mol. The maximum atomic E-state index is 12.1. The Morgan fingerprint density at radius 1 is 0.878 bits per heavy atom. The number of carbonyl (C=O) groups is 6. The number of amides is 1. The van der Waals surface area contributed by atoms with Crippen LogP contribution in [0.2, 0.25) is 0 Å². The zero-order valence-corrected chi connectivity index (χ0v) is 23.6. The molecule has 1 aromatic rings. The number of methoxy groups -OCH3 is 1. The summed E-state index contributed by atoms with van der Waals surface area (Å²) in [7, 11) is 1.21. The Morgan fingerprint density at radius 3 is 2.05 bits per heavy atom. The minimum atomic E-state index is -1.33. The second kappa shape index (κ2) is 15.4. The van der Waals surface area contributed by atoms with E-state index in [2.05, 4.69) is 17.2 Å². The summed E-state index contributed by atoms with van der Waals surface area (Å²) in [5.74, 6) is 1.87. The van der Waals surface area contributed by atoms with Gasteiger partial charge in [0.2, 0.25) is 5.91 Å². The molecule has 0 bridgehead atoms. The van der Waals surface area contributed by atoms with Crippen LogP contribution in [0.15, 0.2) is 24.3 Å². The number of esters is 5. The van der Waals surface area contributed by atoms with Gasteiger partial charge < -0.3 is 33.7 Å². The fourth-order valence-electron chi connectivity index (χ4n) is 4.09.